The number of aliphatic hydroxyl groups is 1. The Balaban J connectivity index is 1.81. The van der Waals surface area contributed by atoms with Crippen molar-refractivity contribution in [1.29, 1.82) is 0 Å². The summed E-state index contributed by atoms with van der Waals surface area (Å²) in [5.74, 6) is 0.479. The molecule has 6 aromatic carbocycles. The Bertz CT molecular complexity index is 1680. The summed E-state index contributed by atoms with van der Waals surface area (Å²) in [5, 5.41) is 13.1. The summed E-state index contributed by atoms with van der Waals surface area (Å²) in [6.45, 7) is 0. The van der Waals surface area contributed by atoms with E-state index < -0.39 is 10.8 Å². The average Bonchev–Trinajstić information content (AvgIpc) is 3.70. The van der Waals surface area contributed by atoms with Crippen LogP contribution in [0, 0.1) is 0 Å². The molecule has 0 saturated heterocycles. The Morgan fingerprint density at radius 3 is 0.826 bits per heavy atom. The molecular weight excluding hydrogens is 560 g/mol. The highest BCUT2D eigenvalue weighted by molar-refractivity contribution is 5.78. The van der Waals surface area contributed by atoms with Gasteiger partial charge >= 0.3 is 0 Å². The van der Waals surface area contributed by atoms with Crippen LogP contribution in [-0.2, 0) is 10.8 Å². The Labute approximate surface area is 270 Å². The molecule has 1 N–H and O–H groups in total. The van der Waals surface area contributed by atoms with Crippen LogP contribution in [0.5, 0.6) is 0 Å². The van der Waals surface area contributed by atoms with E-state index in [0.717, 1.165) is 39.0 Å². The lowest BCUT2D eigenvalue weighted by Gasteiger charge is -2.49. The first-order valence-corrected chi connectivity index (χ1v) is 15.6. The number of rotatable bonds is 9. The zero-order chi connectivity index (χ0) is 31.2. The summed E-state index contributed by atoms with van der Waals surface area (Å²) in [4.78, 5) is 0. The number of allylic oxidation sites excluding steroid dienone is 1. The number of hydrogen-bond donors (Lipinski definition) is 1. The maximum Gasteiger partial charge on any atom is 0.168 e. The van der Waals surface area contributed by atoms with E-state index >= 15 is 0 Å². The smallest absolute Gasteiger partial charge is 0.168 e. The molecule has 2 heteroatoms. The highest BCUT2D eigenvalue weighted by atomic mass is 16.4. The molecule has 1 aromatic heterocycles. The molecule has 7 aromatic rings. The molecule has 0 aliphatic heterocycles. The van der Waals surface area contributed by atoms with E-state index in [2.05, 4.69) is 146 Å². The van der Waals surface area contributed by atoms with E-state index in [-0.39, 0.29) is 5.76 Å². The van der Waals surface area contributed by atoms with Crippen molar-refractivity contribution >= 4 is 5.76 Å². The van der Waals surface area contributed by atoms with Crippen LogP contribution < -0.4 is 0 Å². The highest BCUT2D eigenvalue weighted by Gasteiger charge is 2.54. The second-order valence-electron chi connectivity index (χ2n) is 11.4. The van der Waals surface area contributed by atoms with Gasteiger partial charge in [-0.2, -0.15) is 0 Å². The first kappa shape index (κ1) is 28.9. The van der Waals surface area contributed by atoms with Gasteiger partial charge in [0.25, 0.3) is 0 Å². The SMILES string of the molecule is OC(=C(C(c1ccccc1)(c1ccccc1)c1ccccc1)C(c1ccccc1)(c1ccccc1)c1ccccc1)c1ccco1. The van der Waals surface area contributed by atoms with Crippen molar-refractivity contribution in [2.45, 2.75) is 10.8 Å². The van der Waals surface area contributed by atoms with E-state index in [4.69, 9.17) is 4.42 Å². The van der Waals surface area contributed by atoms with Crippen molar-refractivity contribution in [3.63, 3.8) is 0 Å². The molecule has 0 fully saturated rings. The predicted molar refractivity (Wildman–Crippen MR) is 187 cm³/mol. The third-order valence-corrected chi connectivity index (χ3v) is 8.98. The fourth-order valence-corrected chi connectivity index (χ4v) is 7.17. The normalized spacial score (nSPS) is 11.6. The van der Waals surface area contributed by atoms with Gasteiger partial charge in [-0.1, -0.05) is 182 Å². The van der Waals surface area contributed by atoms with Crippen LogP contribution in [0.3, 0.4) is 0 Å². The van der Waals surface area contributed by atoms with Gasteiger partial charge in [0.2, 0.25) is 0 Å². The summed E-state index contributed by atoms with van der Waals surface area (Å²) >= 11 is 0. The van der Waals surface area contributed by atoms with Crippen LogP contribution in [-0.4, -0.2) is 5.11 Å². The van der Waals surface area contributed by atoms with Crippen molar-refractivity contribution in [3.8, 4) is 0 Å². The number of aliphatic hydroxyl groups excluding tert-OH is 1. The zero-order valence-corrected chi connectivity index (χ0v) is 25.4. The molecule has 0 amide bonds. The first-order chi connectivity index (χ1) is 22.8. The van der Waals surface area contributed by atoms with Crippen LogP contribution in [0.15, 0.2) is 210 Å². The summed E-state index contributed by atoms with van der Waals surface area (Å²) in [7, 11) is 0. The zero-order valence-electron chi connectivity index (χ0n) is 25.4. The van der Waals surface area contributed by atoms with E-state index in [0.29, 0.717) is 5.76 Å². The second-order valence-corrected chi connectivity index (χ2v) is 11.4. The molecule has 0 bridgehead atoms. The fourth-order valence-electron chi connectivity index (χ4n) is 7.17. The molecule has 0 unspecified atom stereocenters. The minimum atomic E-state index is -0.998. The summed E-state index contributed by atoms with van der Waals surface area (Å²) in [6, 6.07) is 66.8. The van der Waals surface area contributed by atoms with Crippen molar-refractivity contribution in [2.24, 2.45) is 0 Å². The Morgan fingerprint density at radius 1 is 0.348 bits per heavy atom. The van der Waals surface area contributed by atoms with Crippen LogP contribution in [0.4, 0.5) is 0 Å². The van der Waals surface area contributed by atoms with Gasteiger partial charge in [0.15, 0.2) is 11.5 Å². The molecule has 0 aliphatic rings. The van der Waals surface area contributed by atoms with Gasteiger partial charge in [0, 0.05) is 5.57 Å². The third-order valence-electron chi connectivity index (χ3n) is 8.98. The summed E-state index contributed by atoms with van der Waals surface area (Å²) < 4.78 is 6.07. The van der Waals surface area contributed by atoms with Crippen molar-refractivity contribution < 1.29 is 9.52 Å². The van der Waals surface area contributed by atoms with Gasteiger partial charge < -0.3 is 9.52 Å². The lowest BCUT2D eigenvalue weighted by atomic mass is 9.52. The van der Waals surface area contributed by atoms with Gasteiger partial charge in [-0.25, -0.2) is 0 Å². The maximum absolute atomic E-state index is 13.1. The van der Waals surface area contributed by atoms with Crippen molar-refractivity contribution in [3.05, 3.63) is 245 Å². The minimum absolute atomic E-state index is 0.0816. The molecule has 0 aliphatic carbocycles. The molecular formula is C44H34O2. The molecule has 2 nitrogen and oxygen atoms in total. The Kier molecular flexibility index (Phi) is 7.93. The van der Waals surface area contributed by atoms with E-state index in [1.54, 1.807) is 6.26 Å². The van der Waals surface area contributed by atoms with E-state index in [9.17, 15) is 5.11 Å². The van der Waals surface area contributed by atoms with Gasteiger partial charge in [-0.05, 0) is 45.5 Å². The molecule has 0 saturated carbocycles. The van der Waals surface area contributed by atoms with E-state index in [1.165, 1.54) is 0 Å². The molecule has 0 spiro atoms. The van der Waals surface area contributed by atoms with Gasteiger partial charge in [0.1, 0.15) is 0 Å². The minimum Gasteiger partial charge on any atom is -0.504 e. The summed E-state index contributed by atoms with van der Waals surface area (Å²) in [5.41, 5.74) is 4.90. The average molecular weight is 595 g/mol. The number of benzene rings is 6. The number of furan rings is 1. The lowest BCUT2D eigenvalue weighted by molar-refractivity contribution is 0.435. The first-order valence-electron chi connectivity index (χ1n) is 15.6. The fraction of sp³-hybridized carbons (Fsp3) is 0.0455. The molecule has 46 heavy (non-hydrogen) atoms. The van der Waals surface area contributed by atoms with Gasteiger partial charge in [-0.15, -0.1) is 0 Å². The highest BCUT2D eigenvalue weighted by Crippen LogP contribution is 2.59. The van der Waals surface area contributed by atoms with Crippen LogP contribution in [0.25, 0.3) is 5.76 Å². The van der Waals surface area contributed by atoms with Crippen molar-refractivity contribution in [2.75, 3.05) is 0 Å². The molecule has 1 heterocycles. The molecule has 0 radical (unpaired) electrons. The van der Waals surface area contributed by atoms with Gasteiger partial charge in [-0.3, -0.25) is 0 Å². The molecule has 0 atom stereocenters. The molecule has 222 valence electrons. The lowest BCUT2D eigenvalue weighted by Crippen LogP contribution is -2.45. The predicted octanol–water partition coefficient (Wildman–Crippen LogP) is 10.6. The standard InChI is InChI=1S/C44H34O2/c45-41(40-32-19-33-46-40)42(43(34-20-7-1-8-21-34,35-22-9-2-10-23-35)36-24-11-3-12-25-36)44(37-26-13-4-14-27-37,38-28-15-5-16-29-38)39-30-17-6-18-31-39/h1-33,45H. The van der Waals surface area contributed by atoms with Gasteiger partial charge in [0.05, 0.1) is 17.1 Å². The van der Waals surface area contributed by atoms with Crippen LogP contribution in [0.2, 0.25) is 0 Å². The van der Waals surface area contributed by atoms with Crippen LogP contribution in [0.1, 0.15) is 39.1 Å². The van der Waals surface area contributed by atoms with Crippen molar-refractivity contribution in [1.82, 2.24) is 0 Å². The third kappa shape index (κ3) is 4.76. The Hall–Kier alpha value is -5.86. The Morgan fingerprint density at radius 2 is 0.609 bits per heavy atom. The monoisotopic (exact) mass is 594 g/mol. The quantitative estimate of drug-likeness (QED) is 0.133. The molecule has 7 rings (SSSR count). The maximum atomic E-state index is 13.1. The summed E-state index contributed by atoms with van der Waals surface area (Å²) in [6.07, 6.45) is 1.62. The van der Waals surface area contributed by atoms with E-state index in [1.807, 2.05) is 48.5 Å². The second kappa shape index (κ2) is 12.6. The number of hydrogen-bond acceptors (Lipinski definition) is 2. The van der Waals surface area contributed by atoms with Crippen LogP contribution >= 0.6 is 0 Å². The topological polar surface area (TPSA) is 33.4 Å². The largest absolute Gasteiger partial charge is 0.504 e.